The molecule has 2 aliphatic rings. The highest BCUT2D eigenvalue weighted by atomic mass is 16.3. The monoisotopic (exact) mass is 261 g/mol. The molecule has 1 atom stereocenters. The Labute approximate surface area is 112 Å². The number of carbonyl (C=O) groups excluding carboxylic acids is 1. The van der Waals surface area contributed by atoms with Crippen LogP contribution in [0.4, 0.5) is 11.4 Å². The fraction of sp³-hybridized carbons (Fsp3) is 0.500. The average molecular weight is 261 g/mol. The highest BCUT2D eigenvalue weighted by Crippen LogP contribution is 2.29. The summed E-state index contributed by atoms with van der Waals surface area (Å²) in [6.07, 6.45) is 1.27. The topological polar surface area (TPSA) is 64.6 Å². The van der Waals surface area contributed by atoms with Crippen molar-refractivity contribution < 1.29 is 9.90 Å². The van der Waals surface area contributed by atoms with Crippen molar-refractivity contribution in [3.63, 3.8) is 0 Å². The molecule has 1 fully saturated rings. The zero-order chi connectivity index (χ0) is 13.2. The lowest BCUT2D eigenvalue weighted by molar-refractivity contribution is 0.0474. The van der Waals surface area contributed by atoms with E-state index in [1.165, 1.54) is 0 Å². The molecule has 1 unspecified atom stereocenters. The molecule has 102 valence electrons. The third-order valence-corrected chi connectivity index (χ3v) is 3.72. The molecular weight excluding hydrogens is 242 g/mol. The molecule has 1 aromatic rings. The Hall–Kier alpha value is -1.75. The summed E-state index contributed by atoms with van der Waals surface area (Å²) in [6.45, 7) is 2.86. The van der Waals surface area contributed by atoms with Crippen molar-refractivity contribution >= 4 is 17.3 Å². The predicted molar refractivity (Wildman–Crippen MR) is 74.6 cm³/mol. The Morgan fingerprint density at radius 2 is 2.16 bits per heavy atom. The van der Waals surface area contributed by atoms with Crippen LogP contribution in [0, 0.1) is 0 Å². The van der Waals surface area contributed by atoms with E-state index in [-0.39, 0.29) is 12.0 Å². The van der Waals surface area contributed by atoms with Gasteiger partial charge >= 0.3 is 0 Å². The maximum Gasteiger partial charge on any atom is 0.256 e. The van der Waals surface area contributed by atoms with E-state index in [9.17, 15) is 9.90 Å². The van der Waals surface area contributed by atoms with Crippen molar-refractivity contribution in [2.24, 2.45) is 0 Å². The standard InChI is InChI=1S/C14H19N3O2/c18-10-3-2-8-17(9-10)14(19)11-4-1-5-12-13(11)16-7-6-15-12/h1,4-5,10,15-16,18H,2-3,6-9H2. The van der Waals surface area contributed by atoms with E-state index in [1.807, 2.05) is 18.2 Å². The van der Waals surface area contributed by atoms with E-state index < -0.39 is 0 Å². The molecule has 0 aromatic heterocycles. The second-order valence-corrected chi connectivity index (χ2v) is 5.13. The largest absolute Gasteiger partial charge is 0.391 e. The van der Waals surface area contributed by atoms with Crippen molar-refractivity contribution in [3.05, 3.63) is 23.8 Å². The van der Waals surface area contributed by atoms with Gasteiger partial charge in [0.25, 0.3) is 5.91 Å². The summed E-state index contributed by atoms with van der Waals surface area (Å²) in [5.74, 6) is 0.00630. The van der Waals surface area contributed by atoms with Crippen LogP contribution >= 0.6 is 0 Å². The van der Waals surface area contributed by atoms with Gasteiger partial charge in [0.15, 0.2) is 0 Å². The fourth-order valence-corrected chi connectivity index (χ4v) is 2.76. The molecule has 0 radical (unpaired) electrons. The molecule has 1 saturated heterocycles. The van der Waals surface area contributed by atoms with Crippen LogP contribution in [0.25, 0.3) is 0 Å². The molecule has 2 heterocycles. The minimum absolute atomic E-state index is 0.00630. The number of fused-ring (bicyclic) bond motifs is 1. The number of piperidine rings is 1. The number of amides is 1. The number of nitrogens with zero attached hydrogens (tertiary/aromatic N) is 1. The summed E-state index contributed by atoms with van der Waals surface area (Å²) in [7, 11) is 0. The summed E-state index contributed by atoms with van der Waals surface area (Å²) in [4.78, 5) is 14.3. The van der Waals surface area contributed by atoms with Gasteiger partial charge in [0, 0.05) is 26.2 Å². The lowest BCUT2D eigenvalue weighted by Crippen LogP contribution is -2.42. The van der Waals surface area contributed by atoms with Crippen LogP contribution in [0.15, 0.2) is 18.2 Å². The molecule has 0 saturated carbocycles. The number of para-hydroxylation sites is 1. The number of hydrogen-bond donors (Lipinski definition) is 3. The molecule has 1 amide bonds. The van der Waals surface area contributed by atoms with Gasteiger partial charge in [-0.05, 0) is 25.0 Å². The third kappa shape index (κ3) is 2.38. The van der Waals surface area contributed by atoms with Gasteiger partial charge < -0.3 is 20.6 Å². The maximum absolute atomic E-state index is 12.6. The highest BCUT2D eigenvalue weighted by molar-refractivity contribution is 6.02. The van der Waals surface area contributed by atoms with Gasteiger partial charge in [0.2, 0.25) is 0 Å². The number of aliphatic hydroxyl groups excluding tert-OH is 1. The first kappa shape index (κ1) is 12.3. The lowest BCUT2D eigenvalue weighted by atomic mass is 10.0. The van der Waals surface area contributed by atoms with Crippen LogP contribution in [0.2, 0.25) is 0 Å². The number of benzene rings is 1. The van der Waals surface area contributed by atoms with Gasteiger partial charge in [-0.2, -0.15) is 0 Å². The smallest absolute Gasteiger partial charge is 0.256 e. The minimum atomic E-state index is -0.386. The first-order valence-electron chi connectivity index (χ1n) is 6.84. The molecule has 0 bridgehead atoms. The van der Waals surface area contributed by atoms with E-state index in [2.05, 4.69) is 10.6 Å². The maximum atomic E-state index is 12.6. The number of aliphatic hydroxyl groups is 1. The van der Waals surface area contributed by atoms with Gasteiger partial charge in [-0.1, -0.05) is 6.07 Å². The Morgan fingerprint density at radius 3 is 3.00 bits per heavy atom. The van der Waals surface area contributed by atoms with Gasteiger partial charge in [-0.3, -0.25) is 4.79 Å². The Bertz CT molecular complexity index is 490. The SMILES string of the molecule is O=C(c1cccc2c1NCCN2)N1CCCC(O)C1. The Morgan fingerprint density at radius 1 is 1.32 bits per heavy atom. The van der Waals surface area contributed by atoms with Crippen molar-refractivity contribution in [1.29, 1.82) is 0 Å². The molecule has 3 rings (SSSR count). The van der Waals surface area contributed by atoms with Gasteiger partial charge in [-0.15, -0.1) is 0 Å². The molecule has 0 aliphatic carbocycles. The fourth-order valence-electron chi connectivity index (χ4n) is 2.76. The quantitative estimate of drug-likeness (QED) is 0.709. The molecule has 3 N–H and O–H groups in total. The Kier molecular flexibility index (Phi) is 3.29. The number of carbonyl (C=O) groups is 1. The second kappa shape index (κ2) is 5.09. The number of rotatable bonds is 1. The van der Waals surface area contributed by atoms with Crippen molar-refractivity contribution in [1.82, 2.24) is 4.90 Å². The summed E-state index contributed by atoms with van der Waals surface area (Å²) in [5.41, 5.74) is 2.56. The van der Waals surface area contributed by atoms with Crippen LogP contribution in [0.3, 0.4) is 0 Å². The van der Waals surface area contributed by atoms with E-state index in [0.29, 0.717) is 12.1 Å². The molecule has 5 heteroatoms. The van der Waals surface area contributed by atoms with Crippen LogP contribution in [-0.4, -0.2) is 48.2 Å². The number of nitrogens with one attached hydrogen (secondary N) is 2. The number of likely N-dealkylation sites (tertiary alicyclic amines) is 1. The first-order valence-corrected chi connectivity index (χ1v) is 6.84. The molecule has 19 heavy (non-hydrogen) atoms. The average Bonchev–Trinajstić information content (AvgIpc) is 2.46. The van der Waals surface area contributed by atoms with Crippen molar-refractivity contribution in [2.45, 2.75) is 18.9 Å². The predicted octanol–water partition coefficient (Wildman–Crippen LogP) is 1.12. The number of β-amino-alcohol motifs (C(OH)–C–C–N with tert-alkyl or cyclic N) is 1. The van der Waals surface area contributed by atoms with Gasteiger partial charge in [-0.25, -0.2) is 0 Å². The molecule has 1 aromatic carbocycles. The summed E-state index contributed by atoms with van der Waals surface area (Å²) in [5, 5.41) is 16.3. The molecule has 0 spiro atoms. The van der Waals surface area contributed by atoms with E-state index in [4.69, 9.17) is 0 Å². The van der Waals surface area contributed by atoms with Gasteiger partial charge in [0.05, 0.1) is 23.0 Å². The van der Waals surface area contributed by atoms with Crippen LogP contribution in [-0.2, 0) is 0 Å². The van der Waals surface area contributed by atoms with E-state index in [1.54, 1.807) is 4.90 Å². The van der Waals surface area contributed by atoms with Gasteiger partial charge in [0.1, 0.15) is 0 Å². The molecular formula is C14H19N3O2. The van der Waals surface area contributed by atoms with Crippen LogP contribution < -0.4 is 10.6 Å². The lowest BCUT2D eigenvalue weighted by Gasteiger charge is -2.31. The van der Waals surface area contributed by atoms with E-state index in [0.717, 1.165) is 43.9 Å². The first-order chi connectivity index (χ1) is 9.25. The number of hydrogen-bond acceptors (Lipinski definition) is 4. The zero-order valence-corrected chi connectivity index (χ0v) is 10.9. The highest BCUT2D eigenvalue weighted by Gasteiger charge is 2.26. The van der Waals surface area contributed by atoms with E-state index >= 15 is 0 Å². The molecule has 5 nitrogen and oxygen atoms in total. The third-order valence-electron chi connectivity index (χ3n) is 3.72. The minimum Gasteiger partial charge on any atom is -0.391 e. The van der Waals surface area contributed by atoms with Crippen molar-refractivity contribution in [3.8, 4) is 0 Å². The van der Waals surface area contributed by atoms with Crippen molar-refractivity contribution in [2.75, 3.05) is 36.8 Å². The summed E-state index contributed by atoms with van der Waals surface area (Å²) in [6, 6.07) is 5.72. The Balaban J connectivity index is 1.87. The second-order valence-electron chi connectivity index (χ2n) is 5.13. The van der Waals surface area contributed by atoms with Crippen LogP contribution in [0.1, 0.15) is 23.2 Å². The normalized spacial score (nSPS) is 22.2. The number of anilines is 2. The van der Waals surface area contributed by atoms with Crippen LogP contribution in [0.5, 0.6) is 0 Å². The summed E-state index contributed by atoms with van der Waals surface area (Å²) >= 11 is 0. The zero-order valence-electron chi connectivity index (χ0n) is 10.9. The summed E-state index contributed by atoms with van der Waals surface area (Å²) < 4.78 is 0. The molecule has 2 aliphatic heterocycles.